The maximum absolute atomic E-state index is 10.3. The molecule has 0 fully saturated rings. The lowest BCUT2D eigenvalue weighted by molar-refractivity contribution is 0.0657. The van der Waals surface area contributed by atoms with Crippen molar-refractivity contribution in [1.82, 2.24) is 0 Å². The number of rotatable bonds is 2. The van der Waals surface area contributed by atoms with Gasteiger partial charge in [-0.15, -0.1) is 0 Å². The van der Waals surface area contributed by atoms with E-state index in [-0.39, 0.29) is 6.10 Å². The highest BCUT2D eigenvalue weighted by atomic mass is 35.5. The van der Waals surface area contributed by atoms with Crippen molar-refractivity contribution in [3.63, 3.8) is 0 Å². The normalized spacial score (nSPS) is 21.0. The quantitative estimate of drug-likeness (QED) is 0.844. The lowest BCUT2D eigenvalue weighted by Crippen LogP contribution is -2.19. The molecule has 3 heteroatoms. The zero-order valence-corrected chi connectivity index (χ0v) is 13.0. The van der Waals surface area contributed by atoms with E-state index in [9.17, 15) is 5.11 Å². The van der Waals surface area contributed by atoms with Crippen LogP contribution in [0.4, 0.5) is 0 Å². The Morgan fingerprint density at radius 1 is 1.14 bits per heavy atom. The second kappa shape index (κ2) is 5.70. The third kappa shape index (κ3) is 2.92. The average molecular weight is 303 g/mol. The highest BCUT2D eigenvalue weighted by molar-refractivity contribution is 6.30. The Hall–Kier alpha value is -1.51. The molecule has 1 heterocycles. The van der Waals surface area contributed by atoms with Gasteiger partial charge < -0.3 is 9.84 Å². The number of benzene rings is 2. The summed E-state index contributed by atoms with van der Waals surface area (Å²) >= 11 is 5.98. The number of aliphatic hydroxyl groups excluding tert-OH is 1. The summed E-state index contributed by atoms with van der Waals surface area (Å²) in [5.74, 6) is 1.23. The first-order valence-electron chi connectivity index (χ1n) is 7.28. The predicted octanol–water partition coefficient (Wildman–Crippen LogP) is 5.02. The van der Waals surface area contributed by atoms with E-state index in [0.717, 1.165) is 16.9 Å². The number of aliphatic hydroxyl groups is 1. The molecule has 0 saturated carbocycles. The van der Waals surface area contributed by atoms with E-state index in [1.807, 2.05) is 6.07 Å². The first-order chi connectivity index (χ1) is 10.0. The van der Waals surface area contributed by atoms with Crippen LogP contribution in [0.15, 0.2) is 42.5 Å². The summed E-state index contributed by atoms with van der Waals surface area (Å²) in [6.07, 6.45) is -0.105. The molecule has 21 heavy (non-hydrogen) atoms. The average Bonchev–Trinajstić information content (AvgIpc) is 2.48. The van der Waals surface area contributed by atoms with Crippen LogP contribution in [0.5, 0.6) is 5.75 Å². The van der Waals surface area contributed by atoms with E-state index in [1.165, 1.54) is 5.56 Å². The van der Waals surface area contributed by atoms with Gasteiger partial charge in [-0.2, -0.15) is 0 Å². The molecule has 0 amide bonds. The Kier molecular flexibility index (Phi) is 3.92. The first kappa shape index (κ1) is 14.4. The van der Waals surface area contributed by atoms with Crippen LogP contribution in [0.3, 0.4) is 0 Å². The van der Waals surface area contributed by atoms with Crippen molar-refractivity contribution in [2.75, 3.05) is 0 Å². The molecule has 0 radical (unpaired) electrons. The van der Waals surface area contributed by atoms with Gasteiger partial charge in [0.05, 0.1) is 6.10 Å². The Morgan fingerprint density at radius 3 is 2.52 bits per heavy atom. The van der Waals surface area contributed by atoms with Crippen molar-refractivity contribution in [3.05, 3.63) is 64.2 Å². The van der Waals surface area contributed by atoms with Gasteiger partial charge in [0.15, 0.2) is 0 Å². The second-order valence-electron chi connectivity index (χ2n) is 5.86. The summed E-state index contributed by atoms with van der Waals surface area (Å²) in [5.41, 5.74) is 3.18. The van der Waals surface area contributed by atoms with Crippen LogP contribution in [0.1, 0.15) is 55.1 Å². The molecule has 0 aliphatic carbocycles. The molecule has 2 nitrogen and oxygen atoms in total. The number of hydrogen-bond acceptors (Lipinski definition) is 2. The third-order valence-electron chi connectivity index (χ3n) is 4.01. The molecular formula is C18H19ClO2. The number of halogens is 1. The van der Waals surface area contributed by atoms with E-state index in [4.69, 9.17) is 16.3 Å². The van der Waals surface area contributed by atoms with Crippen LogP contribution in [-0.4, -0.2) is 5.11 Å². The molecule has 0 bridgehead atoms. The fourth-order valence-corrected chi connectivity index (χ4v) is 2.90. The SMILES string of the molecule is CC(C)c1ccc(C2C[C@H](O)c3cc(Cl)ccc3O2)cc1. The summed E-state index contributed by atoms with van der Waals surface area (Å²) in [5, 5.41) is 10.9. The molecule has 1 aliphatic heterocycles. The Bertz CT molecular complexity index is 634. The van der Waals surface area contributed by atoms with E-state index >= 15 is 0 Å². The maximum Gasteiger partial charge on any atom is 0.127 e. The van der Waals surface area contributed by atoms with Crippen LogP contribution in [0.2, 0.25) is 5.02 Å². The zero-order valence-electron chi connectivity index (χ0n) is 12.2. The second-order valence-corrected chi connectivity index (χ2v) is 6.30. The molecule has 3 rings (SSSR count). The molecular weight excluding hydrogens is 284 g/mol. The molecule has 1 aliphatic rings. The molecule has 2 aromatic rings. The number of ether oxygens (including phenoxy) is 1. The summed E-state index contributed by atoms with van der Waals surface area (Å²) in [6.45, 7) is 4.35. The predicted molar refractivity (Wildman–Crippen MR) is 84.9 cm³/mol. The lowest BCUT2D eigenvalue weighted by Gasteiger charge is -2.30. The zero-order chi connectivity index (χ0) is 15.0. The van der Waals surface area contributed by atoms with Gasteiger partial charge >= 0.3 is 0 Å². The van der Waals surface area contributed by atoms with Crippen molar-refractivity contribution >= 4 is 11.6 Å². The molecule has 110 valence electrons. The summed E-state index contributed by atoms with van der Waals surface area (Å²) in [6, 6.07) is 13.8. The molecule has 0 aromatic heterocycles. The third-order valence-corrected chi connectivity index (χ3v) is 4.25. The molecule has 2 atom stereocenters. The minimum Gasteiger partial charge on any atom is -0.485 e. The minimum absolute atomic E-state index is 0.116. The summed E-state index contributed by atoms with van der Waals surface area (Å²) in [4.78, 5) is 0. The van der Waals surface area contributed by atoms with Gasteiger partial charge in [-0.3, -0.25) is 0 Å². The number of hydrogen-bond donors (Lipinski definition) is 1. The van der Waals surface area contributed by atoms with Gasteiger partial charge in [0.25, 0.3) is 0 Å². The smallest absolute Gasteiger partial charge is 0.127 e. The van der Waals surface area contributed by atoms with Gasteiger partial charge in [-0.05, 0) is 35.2 Å². The number of fused-ring (bicyclic) bond motifs is 1. The Morgan fingerprint density at radius 2 is 1.86 bits per heavy atom. The largest absolute Gasteiger partial charge is 0.485 e. The van der Waals surface area contributed by atoms with Crippen LogP contribution < -0.4 is 4.74 Å². The van der Waals surface area contributed by atoms with Crippen molar-refractivity contribution in [1.29, 1.82) is 0 Å². The van der Waals surface area contributed by atoms with E-state index in [2.05, 4.69) is 38.1 Å². The van der Waals surface area contributed by atoms with Gasteiger partial charge in [-0.1, -0.05) is 49.7 Å². The van der Waals surface area contributed by atoms with Gasteiger partial charge in [-0.25, -0.2) is 0 Å². The maximum atomic E-state index is 10.3. The van der Waals surface area contributed by atoms with E-state index in [0.29, 0.717) is 17.4 Å². The molecule has 0 spiro atoms. The molecule has 1 N–H and O–H groups in total. The van der Waals surface area contributed by atoms with Gasteiger partial charge in [0.1, 0.15) is 11.9 Å². The van der Waals surface area contributed by atoms with Crippen molar-refractivity contribution < 1.29 is 9.84 Å². The van der Waals surface area contributed by atoms with Crippen LogP contribution >= 0.6 is 11.6 Å². The molecule has 0 saturated heterocycles. The van der Waals surface area contributed by atoms with E-state index in [1.54, 1.807) is 12.1 Å². The Labute approximate surface area is 130 Å². The minimum atomic E-state index is -0.540. The fraction of sp³-hybridized carbons (Fsp3) is 0.333. The van der Waals surface area contributed by atoms with Crippen molar-refractivity contribution in [2.45, 2.75) is 38.4 Å². The van der Waals surface area contributed by atoms with Crippen LogP contribution in [0.25, 0.3) is 0 Å². The molecule has 1 unspecified atom stereocenters. The van der Waals surface area contributed by atoms with Crippen LogP contribution in [0, 0.1) is 0 Å². The topological polar surface area (TPSA) is 29.5 Å². The lowest BCUT2D eigenvalue weighted by atomic mass is 9.93. The van der Waals surface area contributed by atoms with Crippen LogP contribution in [-0.2, 0) is 0 Å². The highest BCUT2D eigenvalue weighted by Crippen LogP contribution is 2.41. The fourth-order valence-electron chi connectivity index (χ4n) is 2.72. The van der Waals surface area contributed by atoms with Crippen molar-refractivity contribution in [3.8, 4) is 5.75 Å². The Balaban J connectivity index is 1.86. The van der Waals surface area contributed by atoms with Gasteiger partial charge in [0, 0.05) is 17.0 Å². The van der Waals surface area contributed by atoms with E-state index < -0.39 is 6.10 Å². The first-order valence-corrected chi connectivity index (χ1v) is 7.66. The van der Waals surface area contributed by atoms with Crippen molar-refractivity contribution in [2.24, 2.45) is 0 Å². The van der Waals surface area contributed by atoms with Gasteiger partial charge in [0.2, 0.25) is 0 Å². The standard InChI is InChI=1S/C18H19ClO2/c1-11(2)12-3-5-13(6-4-12)18-10-16(20)15-9-14(19)7-8-17(15)21-18/h3-9,11,16,18,20H,10H2,1-2H3/t16-,18?/m0/s1. The monoisotopic (exact) mass is 302 g/mol. The highest BCUT2D eigenvalue weighted by Gasteiger charge is 2.28. The molecule has 2 aromatic carbocycles. The summed E-state index contributed by atoms with van der Waals surface area (Å²) < 4.78 is 6.03. The summed E-state index contributed by atoms with van der Waals surface area (Å²) in [7, 11) is 0.